The van der Waals surface area contributed by atoms with E-state index in [9.17, 15) is 14.0 Å². The Morgan fingerprint density at radius 2 is 1.78 bits per heavy atom. The third kappa shape index (κ3) is 6.67. The SMILES string of the molecule is O=C(CCCNC(=O)NC1CCCCC1)Nc1ccc(F)cc1. The number of benzene rings is 1. The summed E-state index contributed by atoms with van der Waals surface area (Å²) >= 11 is 0. The summed E-state index contributed by atoms with van der Waals surface area (Å²) in [6.07, 6.45) is 6.57. The highest BCUT2D eigenvalue weighted by Gasteiger charge is 2.15. The van der Waals surface area contributed by atoms with Gasteiger partial charge in [0.25, 0.3) is 0 Å². The van der Waals surface area contributed by atoms with Gasteiger partial charge in [0.15, 0.2) is 0 Å². The number of urea groups is 1. The molecule has 0 radical (unpaired) electrons. The van der Waals surface area contributed by atoms with Gasteiger partial charge in [-0.3, -0.25) is 4.79 Å². The van der Waals surface area contributed by atoms with Crippen molar-refractivity contribution in [1.29, 1.82) is 0 Å². The van der Waals surface area contributed by atoms with E-state index in [4.69, 9.17) is 0 Å². The molecule has 5 nitrogen and oxygen atoms in total. The molecule has 0 spiro atoms. The molecule has 0 aromatic heterocycles. The Balaban J connectivity index is 1.56. The number of hydrogen-bond acceptors (Lipinski definition) is 2. The largest absolute Gasteiger partial charge is 0.338 e. The van der Waals surface area contributed by atoms with Crippen LogP contribution in [0.5, 0.6) is 0 Å². The topological polar surface area (TPSA) is 70.2 Å². The highest BCUT2D eigenvalue weighted by atomic mass is 19.1. The second-order valence-electron chi connectivity index (χ2n) is 5.89. The normalized spacial score (nSPS) is 15.0. The molecule has 0 bridgehead atoms. The summed E-state index contributed by atoms with van der Waals surface area (Å²) < 4.78 is 12.8. The molecule has 1 aromatic rings. The van der Waals surface area contributed by atoms with Gasteiger partial charge in [0.2, 0.25) is 5.91 Å². The summed E-state index contributed by atoms with van der Waals surface area (Å²) in [5.74, 6) is -0.484. The third-order valence-electron chi connectivity index (χ3n) is 3.93. The van der Waals surface area contributed by atoms with E-state index in [1.165, 1.54) is 43.5 Å². The quantitative estimate of drug-likeness (QED) is 0.704. The molecule has 0 unspecified atom stereocenters. The molecule has 1 aromatic carbocycles. The molecule has 23 heavy (non-hydrogen) atoms. The fraction of sp³-hybridized carbons (Fsp3) is 0.529. The van der Waals surface area contributed by atoms with E-state index in [0.29, 0.717) is 25.1 Å². The minimum absolute atomic E-state index is 0.147. The molecule has 1 fully saturated rings. The molecule has 3 N–H and O–H groups in total. The van der Waals surface area contributed by atoms with Crippen molar-refractivity contribution >= 4 is 17.6 Å². The number of hydrogen-bond donors (Lipinski definition) is 3. The lowest BCUT2D eigenvalue weighted by Gasteiger charge is -2.22. The van der Waals surface area contributed by atoms with Gasteiger partial charge in [0, 0.05) is 24.7 Å². The summed E-state index contributed by atoms with van der Waals surface area (Å²) in [5, 5.41) is 8.43. The van der Waals surface area contributed by atoms with E-state index in [1.54, 1.807) is 0 Å². The predicted molar refractivity (Wildman–Crippen MR) is 87.7 cm³/mol. The molecule has 0 heterocycles. The first-order valence-corrected chi connectivity index (χ1v) is 8.23. The van der Waals surface area contributed by atoms with Gasteiger partial charge >= 0.3 is 6.03 Å². The maximum Gasteiger partial charge on any atom is 0.315 e. The van der Waals surface area contributed by atoms with Crippen LogP contribution in [0.25, 0.3) is 0 Å². The molecule has 126 valence electrons. The van der Waals surface area contributed by atoms with Crippen LogP contribution in [0.1, 0.15) is 44.9 Å². The van der Waals surface area contributed by atoms with Crippen molar-refractivity contribution in [2.75, 3.05) is 11.9 Å². The smallest absolute Gasteiger partial charge is 0.315 e. The van der Waals surface area contributed by atoms with Crippen LogP contribution < -0.4 is 16.0 Å². The average Bonchev–Trinajstić information content (AvgIpc) is 2.55. The third-order valence-corrected chi connectivity index (χ3v) is 3.93. The number of amides is 3. The minimum Gasteiger partial charge on any atom is -0.338 e. The fourth-order valence-electron chi connectivity index (χ4n) is 2.69. The first kappa shape index (κ1) is 17.2. The number of rotatable bonds is 6. The summed E-state index contributed by atoms with van der Waals surface area (Å²) in [7, 11) is 0. The number of carbonyl (C=O) groups is 2. The van der Waals surface area contributed by atoms with E-state index in [-0.39, 0.29) is 23.8 Å². The van der Waals surface area contributed by atoms with Gasteiger partial charge < -0.3 is 16.0 Å². The van der Waals surface area contributed by atoms with Crippen LogP contribution in [0.3, 0.4) is 0 Å². The van der Waals surface area contributed by atoms with Crippen LogP contribution in [0.4, 0.5) is 14.9 Å². The van der Waals surface area contributed by atoms with Crippen molar-refractivity contribution in [3.8, 4) is 0 Å². The van der Waals surface area contributed by atoms with Gasteiger partial charge in [-0.2, -0.15) is 0 Å². The highest BCUT2D eigenvalue weighted by molar-refractivity contribution is 5.90. The molecule has 1 saturated carbocycles. The van der Waals surface area contributed by atoms with E-state index in [0.717, 1.165) is 12.8 Å². The standard InChI is InChI=1S/C17H24FN3O2/c18-13-8-10-15(11-9-13)20-16(22)7-4-12-19-17(23)21-14-5-2-1-3-6-14/h8-11,14H,1-7,12H2,(H,20,22)(H2,19,21,23). The maximum atomic E-state index is 12.8. The monoisotopic (exact) mass is 321 g/mol. The van der Waals surface area contributed by atoms with Crippen molar-refractivity contribution in [2.24, 2.45) is 0 Å². The molecular formula is C17H24FN3O2. The Hall–Kier alpha value is -2.11. The summed E-state index contributed by atoms with van der Waals surface area (Å²) in [6, 6.07) is 5.76. The van der Waals surface area contributed by atoms with E-state index in [1.807, 2.05) is 0 Å². The zero-order chi connectivity index (χ0) is 16.5. The molecule has 6 heteroatoms. The molecule has 0 aliphatic heterocycles. The summed E-state index contributed by atoms with van der Waals surface area (Å²) in [5.41, 5.74) is 0.569. The van der Waals surface area contributed by atoms with E-state index < -0.39 is 0 Å². The molecular weight excluding hydrogens is 297 g/mol. The first-order valence-electron chi connectivity index (χ1n) is 8.23. The van der Waals surface area contributed by atoms with E-state index in [2.05, 4.69) is 16.0 Å². The Bertz CT molecular complexity index is 513. The zero-order valence-electron chi connectivity index (χ0n) is 13.2. The van der Waals surface area contributed by atoms with E-state index >= 15 is 0 Å². The maximum absolute atomic E-state index is 12.8. The zero-order valence-corrected chi connectivity index (χ0v) is 13.2. The van der Waals surface area contributed by atoms with Crippen molar-refractivity contribution in [2.45, 2.75) is 51.0 Å². The van der Waals surface area contributed by atoms with Crippen LogP contribution in [-0.2, 0) is 4.79 Å². The van der Waals surface area contributed by atoms with Gasteiger partial charge in [-0.25, -0.2) is 9.18 Å². The van der Waals surface area contributed by atoms with Crippen molar-refractivity contribution < 1.29 is 14.0 Å². The second-order valence-corrected chi connectivity index (χ2v) is 5.89. The lowest BCUT2D eigenvalue weighted by atomic mass is 9.96. The molecule has 0 atom stereocenters. The summed E-state index contributed by atoms with van der Waals surface area (Å²) in [4.78, 5) is 23.4. The fourth-order valence-corrected chi connectivity index (χ4v) is 2.69. The molecule has 0 saturated heterocycles. The van der Waals surface area contributed by atoms with Crippen LogP contribution >= 0.6 is 0 Å². The van der Waals surface area contributed by atoms with Gasteiger partial charge in [0.1, 0.15) is 5.82 Å². The molecule has 2 rings (SSSR count). The van der Waals surface area contributed by atoms with Crippen molar-refractivity contribution in [3.63, 3.8) is 0 Å². The second kappa shape index (κ2) is 9.12. The van der Waals surface area contributed by atoms with Crippen molar-refractivity contribution in [1.82, 2.24) is 10.6 Å². The van der Waals surface area contributed by atoms with Gasteiger partial charge in [0.05, 0.1) is 0 Å². The first-order chi connectivity index (χ1) is 11.1. The van der Waals surface area contributed by atoms with Crippen LogP contribution in [0, 0.1) is 5.82 Å². The highest BCUT2D eigenvalue weighted by Crippen LogP contribution is 2.17. The Morgan fingerprint density at radius 3 is 2.48 bits per heavy atom. The Labute approximate surface area is 136 Å². The van der Waals surface area contributed by atoms with Gasteiger partial charge in [-0.1, -0.05) is 19.3 Å². The number of nitrogens with one attached hydrogen (secondary N) is 3. The van der Waals surface area contributed by atoms with Crippen LogP contribution in [-0.4, -0.2) is 24.5 Å². The van der Waals surface area contributed by atoms with Crippen molar-refractivity contribution in [3.05, 3.63) is 30.1 Å². The molecule has 1 aliphatic rings. The lowest BCUT2D eigenvalue weighted by Crippen LogP contribution is -2.43. The van der Waals surface area contributed by atoms with Crippen LogP contribution in [0.2, 0.25) is 0 Å². The van der Waals surface area contributed by atoms with Crippen LogP contribution in [0.15, 0.2) is 24.3 Å². The average molecular weight is 321 g/mol. The summed E-state index contributed by atoms with van der Waals surface area (Å²) in [6.45, 7) is 0.454. The molecule has 3 amide bonds. The predicted octanol–water partition coefficient (Wildman–Crippen LogP) is 3.18. The molecule has 1 aliphatic carbocycles. The Morgan fingerprint density at radius 1 is 1.09 bits per heavy atom. The lowest BCUT2D eigenvalue weighted by molar-refractivity contribution is -0.116. The van der Waals surface area contributed by atoms with Gasteiger partial charge in [-0.05, 0) is 43.5 Å². The van der Waals surface area contributed by atoms with Gasteiger partial charge in [-0.15, -0.1) is 0 Å². The number of anilines is 1. The number of carbonyl (C=O) groups excluding carboxylic acids is 2. The number of halogens is 1. The Kier molecular flexibility index (Phi) is 6.84. The minimum atomic E-state index is -0.337.